The van der Waals surface area contributed by atoms with E-state index in [2.05, 4.69) is 18.8 Å². The van der Waals surface area contributed by atoms with Gasteiger partial charge in [-0.3, -0.25) is 4.79 Å². The Balaban J connectivity index is 2.05. The molecule has 0 aliphatic carbocycles. The van der Waals surface area contributed by atoms with Crippen LogP contribution in [-0.2, 0) is 6.42 Å². The van der Waals surface area contributed by atoms with Gasteiger partial charge in [-0.05, 0) is 32.6 Å². The molecule has 1 aliphatic rings. The van der Waals surface area contributed by atoms with E-state index in [0.29, 0.717) is 0 Å². The Bertz CT molecular complexity index is 418. The number of piperidine rings is 1. The van der Waals surface area contributed by atoms with Crippen LogP contribution in [0.3, 0.4) is 0 Å². The van der Waals surface area contributed by atoms with Gasteiger partial charge in [0, 0.05) is 18.6 Å². The Hall–Kier alpha value is -0.940. The average molecular weight is 267 g/mol. The molecule has 2 atom stereocenters. The van der Waals surface area contributed by atoms with Crippen molar-refractivity contribution in [3.63, 3.8) is 0 Å². The van der Waals surface area contributed by atoms with Crippen LogP contribution in [0.25, 0.3) is 0 Å². The van der Waals surface area contributed by atoms with Gasteiger partial charge < -0.3 is 10.6 Å². The number of hydrogen-bond acceptors (Lipinski definition) is 4. The monoisotopic (exact) mass is 267 g/mol. The predicted octanol–water partition coefficient (Wildman–Crippen LogP) is 2.05. The van der Waals surface area contributed by atoms with Crippen molar-refractivity contribution in [1.29, 1.82) is 0 Å². The van der Waals surface area contributed by atoms with E-state index in [9.17, 15) is 4.79 Å². The van der Waals surface area contributed by atoms with Crippen LogP contribution in [0.15, 0.2) is 6.20 Å². The summed E-state index contributed by atoms with van der Waals surface area (Å²) in [4.78, 5) is 19.4. The van der Waals surface area contributed by atoms with Crippen molar-refractivity contribution >= 4 is 17.2 Å². The summed E-state index contributed by atoms with van der Waals surface area (Å²) in [7, 11) is 0. The van der Waals surface area contributed by atoms with Crippen molar-refractivity contribution in [2.24, 2.45) is 5.73 Å². The van der Waals surface area contributed by atoms with Crippen molar-refractivity contribution in [3.05, 3.63) is 16.1 Å². The maximum Gasteiger partial charge on any atom is 0.265 e. The van der Waals surface area contributed by atoms with Gasteiger partial charge in [0.2, 0.25) is 0 Å². The molecule has 18 heavy (non-hydrogen) atoms. The molecule has 2 rings (SSSR count). The number of carbonyl (C=O) groups excluding carboxylic acids is 1. The molecule has 0 aromatic carbocycles. The number of thiazole rings is 1. The Morgan fingerprint density at radius 1 is 1.67 bits per heavy atom. The summed E-state index contributed by atoms with van der Waals surface area (Å²) in [6, 6.07) is 0.471. The van der Waals surface area contributed by atoms with Gasteiger partial charge in [-0.15, -0.1) is 11.3 Å². The fourth-order valence-electron chi connectivity index (χ4n) is 2.39. The molecule has 4 nitrogen and oxygen atoms in total. The Morgan fingerprint density at radius 3 is 3.11 bits per heavy atom. The highest BCUT2D eigenvalue weighted by molar-refractivity contribution is 7.13. The molecular formula is C13H21N3OS. The quantitative estimate of drug-likeness (QED) is 0.911. The van der Waals surface area contributed by atoms with Gasteiger partial charge in [0.25, 0.3) is 5.91 Å². The van der Waals surface area contributed by atoms with Crippen LogP contribution in [0.4, 0.5) is 0 Å². The molecule has 1 aliphatic heterocycles. The number of aryl methyl sites for hydroxylation is 1. The Kier molecular flexibility index (Phi) is 4.35. The van der Waals surface area contributed by atoms with Gasteiger partial charge in [0.15, 0.2) is 0 Å². The molecule has 0 spiro atoms. The first-order valence-electron chi connectivity index (χ1n) is 6.63. The first-order valence-corrected chi connectivity index (χ1v) is 7.44. The summed E-state index contributed by atoms with van der Waals surface area (Å²) >= 11 is 1.53. The van der Waals surface area contributed by atoms with Gasteiger partial charge in [0.1, 0.15) is 4.88 Å². The lowest BCUT2D eigenvalue weighted by atomic mass is 9.99. The van der Waals surface area contributed by atoms with Crippen LogP contribution in [0.5, 0.6) is 0 Å². The summed E-state index contributed by atoms with van der Waals surface area (Å²) < 4.78 is 0. The molecule has 2 heterocycles. The second-order valence-corrected chi connectivity index (χ2v) is 6.12. The minimum absolute atomic E-state index is 0.120. The number of nitrogens with zero attached hydrogens (tertiary/aromatic N) is 2. The highest BCUT2D eigenvalue weighted by Gasteiger charge is 2.28. The van der Waals surface area contributed by atoms with E-state index >= 15 is 0 Å². The fraction of sp³-hybridized carbons (Fsp3) is 0.692. The maximum atomic E-state index is 12.4. The number of aromatic nitrogens is 1. The van der Waals surface area contributed by atoms with E-state index in [1.165, 1.54) is 11.3 Å². The summed E-state index contributed by atoms with van der Waals surface area (Å²) in [5, 5.41) is 1.06. The highest BCUT2D eigenvalue weighted by Crippen LogP contribution is 2.22. The first kappa shape index (κ1) is 13.5. The van der Waals surface area contributed by atoms with Crippen molar-refractivity contribution < 1.29 is 4.79 Å². The molecule has 0 bridgehead atoms. The van der Waals surface area contributed by atoms with Crippen molar-refractivity contribution in [3.8, 4) is 0 Å². The highest BCUT2D eigenvalue weighted by atomic mass is 32.1. The maximum absolute atomic E-state index is 12.4. The minimum atomic E-state index is 0.120. The molecule has 1 aromatic rings. The molecular weight excluding hydrogens is 246 g/mol. The number of carbonyl (C=O) groups is 1. The van der Waals surface area contributed by atoms with E-state index in [1.54, 1.807) is 6.20 Å². The number of hydrogen-bond donors (Lipinski definition) is 1. The third kappa shape index (κ3) is 2.90. The standard InChI is InChI=1S/C13H21N3OS/c1-3-4-12-15-8-11(18-12)13(17)16-6-5-10(14)7-9(16)2/h8-10H,3-7,14H2,1-2H3/t9-,10-/m1/s1. The lowest BCUT2D eigenvalue weighted by Crippen LogP contribution is -2.48. The third-order valence-electron chi connectivity index (χ3n) is 3.41. The summed E-state index contributed by atoms with van der Waals surface area (Å²) in [6.45, 7) is 4.96. The zero-order valence-corrected chi connectivity index (χ0v) is 11.9. The first-order chi connectivity index (χ1) is 8.61. The van der Waals surface area contributed by atoms with Crippen LogP contribution >= 0.6 is 11.3 Å². The zero-order valence-electron chi connectivity index (χ0n) is 11.1. The lowest BCUT2D eigenvalue weighted by molar-refractivity contribution is 0.0624. The molecule has 100 valence electrons. The van der Waals surface area contributed by atoms with Crippen LogP contribution in [0, 0.1) is 0 Å². The largest absolute Gasteiger partial charge is 0.335 e. The Labute approximate surface area is 112 Å². The smallest absolute Gasteiger partial charge is 0.265 e. The molecule has 0 radical (unpaired) electrons. The normalized spacial score (nSPS) is 24.3. The molecule has 1 fully saturated rings. The summed E-state index contributed by atoms with van der Waals surface area (Å²) in [5.41, 5.74) is 5.92. The van der Waals surface area contributed by atoms with Crippen LogP contribution < -0.4 is 5.73 Å². The average Bonchev–Trinajstić information content (AvgIpc) is 2.77. The van der Waals surface area contributed by atoms with Crippen LogP contribution in [-0.4, -0.2) is 34.4 Å². The summed E-state index contributed by atoms with van der Waals surface area (Å²) in [5.74, 6) is 0.120. The molecule has 1 amide bonds. The second kappa shape index (κ2) is 5.80. The summed E-state index contributed by atoms with van der Waals surface area (Å²) in [6.07, 6.45) is 5.54. The number of rotatable bonds is 3. The van der Waals surface area contributed by atoms with Crippen molar-refractivity contribution in [2.45, 2.75) is 51.6 Å². The SMILES string of the molecule is CCCc1ncc(C(=O)N2CC[C@@H](N)C[C@H]2C)s1. The van der Waals surface area contributed by atoms with Crippen LogP contribution in [0.1, 0.15) is 47.8 Å². The van der Waals surface area contributed by atoms with Crippen molar-refractivity contribution in [1.82, 2.24) is 9.88 Å². The zero-order chi connectivity index (χ0) is 13.1. The predicted molar refractivity (Wildman–Crippen MR) is 73.8 cm³/mol. The van der Waals surface area contributed by atoms with E-state index in [4.69, 9.17) is 5.73 Å². The van der Waals surface area contributed by atoms with Gasteiger partial charge in [-0.25, -0.2) is 4.98 Å². The minimum Gasteiger partial charge on any atom is -0.335 e. The van der Waals surface area contributed by atoms with Crippen molar-refractivity contribution in [2.75, 3.05) is 6.54 Å². The van der Waals surface area contributed by atoms with Gasteiger partial charge in [-0.1, -0.05) is 6.92 Å². The number of likely N-dealkylation sites (tertiary alicyclic amines) is 1. The van der Waals surface area contributed by atoms with Gasteiger partial charge in [0.05, 0.1) is 11.2 Å². The second-order valence-electron chi connectivity index (χ2n) is 5.00. The third-order valence-corrected chi connectivity index (χ3v) is 4.45. The topological polar surface area (TPSA) is 59.2 Å². The van der Waals surface area contributed by atoms with E-state index in [0.717, 1.165) is 42.1 Å². The van der Waals surface area contributed by atoms with Gasteiger partial charge in [-0.2, -0.15) is 0 Å². The molecule has 0 unspecified atom stereocenters. The molecule has 0 saturated carbocycles. The molecule has 1 saturated heterocycles. The number of amides is 1. The fourth-order valence-corrected chi connectivity index (χ4v) is 3.37. The molecule has 5 heteroatoms. The molecule has 1 aromatic heterocycles. The molecule has 2 N–H and O–H groups in total. The van der Waals surface area contributed by atoms with E-state index < -0.39 is 0 Å². The van der Waals surface area contributed by atoms with Crippen LogP contribution in [0.2, 0.25) is 0 Å². The van der Waals surface area contributed by atoms with E-state index in [1.807, 2.05) is 4.90 Å². The van der Waals surface area contributed by atoms with Gasteiger partial charge >= 0.3 is 0 Å². The lowest BCUT2D eigenvalue weighted by Gasteiger charge is -2.36. The Morgan fingerprint density at radius 2 is 2.44 bits per heavy atom. The van der Waals surface area contributed by atoms with E-state index in [-0.39, 0.29) is 18.0 Å². The number of nitrogens with two attached hydrogens (primary N) is 1.